The quantitative estimate of drug-likeness (QED) is 0.0550. The van der Waals surface area contributed by atoms with Gasteiger partial charge in [-0.2, -0.15) is 16.8 Å². The smallest absolute Gasteiger partial charge is 0.265 e. The largest absolute Gasteiger partial charge is 0.321 e. The molecule has 0 aromatic heterocycles. The van der Waals surface area contributed by atoms with E-state index in [2.05, 4.69) is 27.9 Å². The van der Waals surface area contributed by atoms with Gasteiger partial charge in [0.25, 0.3) is 20.2 Å². The van der Waals surface area contributed by atoms with Crippen LogP contribution in [0.1, 0.15) is 129 Å². The van der Waals surface area contributed by atoms with Crippen molar-refractivity contribution in [3.05, 3.63) is 0 Å². The average molecular weight is 615 g/mol. The van der Waals surface area contributed by atoms with E-state index in [-0.39, 0.29) is 11.5 Å². The van der Waals surface area contributed by atoms with Gasteiger partial charge in [-0.15, -0.1) is 0 Å². The minimum Gasteiger partial charge on any atom is -0.321 e. The van der Waals surface area contributed by atoms with Gasteiger partial charge in [-0.25, -0.2) is 0 Å². The van der Waals surface area contributed by atoms with E-state index in [9.17, 15) is 25.9 Å². The third-order valence-corrected chi connectivity index (χ3v) is 10.1. The minimum atomic E-state index is -3.98. The van der Waals surface area contributed by atoms with E-state index in [0.29, 0.717) is 25.9 Å². The fourth-order valence-electron chi connectivity index (χ4n) is 5.67. The Kier molecular flexibility index (Phi) is 22.2. The number of hydrogen-bond acceptors (Lipinski definition) is 4. The van der Waals surface area contributed by atoms with E-state index in [4.69, 9.17) is 0 Å². The molecule has 40 heavy (non-hydrogen) atoms. The summed E-state index contributed by atoms with van der Waals surface area (Å²) < 4.78 is 65.5. The highest BCUT2D eigenvalue weighted by Crippen LogP contribution is 2.17. The van der Waals surface area contributed by atoms with Crippen molar-refractivity contribution in [2.45, 2.75) is 129 Å². The van der Waals surface area contributed by atoms with E-state index in [1.807, 2.05) is 0 Å². The summed E-state index contributed by atoms with van der Waals surface area (Å²) in [4.78, 5) is 0. The number of hydrogen-bond donors (Lipinski definition) is 2. The minimum absolute atomic E-state index is 0.211. The maximum Gasteiger partial charge on any atom is 0.265 e. The fraction of sp³-hybridized carbons (Fsp3) is 1.00. The van der Waals surface area contributed by atoms with Crippen molar-refractivity contribution < 1.29 is 34.9 Å². The molecule has 0 amide bonds. The Morgan fingerprint density at radius 1 is 0.400 bits per heavy atom. The summed E-state index contributed by atoms with van der Waals surface area (Å²) in [6.07, 6.45) is 20.8. The summed E-state index contributed by atoms with van der Waals surface area (Å²) in [6, 6.07) is 0. The van der Waals surface area contributed by atoms with Crippen LogP contribution < -0.4 is 0 Å². The van der Waals surface area contributed by atoms with Crippen LogP contribution in [0.2, 0.25) is 0 Å². The van der Waals surface area contributed by atoms with Crippen LogP contribution in [0.25, 0.3) is 0 Å². The molecule has 0 aliphatic rings. The van der Waals surface area contributed by atoms with Crippen LogP contribution in [0.3, 0.4) is 0 Å². The zero-order valence-corrected chi connectivity index (χ0v) is 28.3. The molecule has 8 nitrogen and oxygen atoms in total. The first-order valence-electron chi connectivity index (χ1n) is 16.3. The molecular weight excluding hydrogens is 548 g/mol. The number of unbranched alkanes of at least 4 members (excludes halogenated alkanes) is 14. The third-order valence-electron chi connectivity index (χ3n) is 8.48. The topological polar surface area (TPSA) is 109 Å². The monoisotopic (exact) mass is 614 g/mol. The Balaban J connectivity index is 5.06. The summed E-state index contributed by atoms with van der Waals surface area (Å²) in [5.74, 6) is -0.423. The highest BCUT2D eigenvalue weighted by molar-refractivity contribution is 7.86. The predicted molar refractivity (Wildman–Crippen MR) is 169 cm³/mol. The molecule has 0 aliphatic carbocycles. The predicted octanol–water partition coefficient (Wildman–Crippen LogP) is 6.72. The first-order valence-corrected chi connectivity index (χ1v) is 19.5. The Labute approximate surface area is 249 Å². The standard InChI is InChI=1S/C30H64N2O6S2/c1-5-7-9-11-13-15-17-19-23-31(3,25-21-29-39(33,34)35)27-28-32(4,26-22-30-40(36,37)38)24-20-18-16-14-12-10-8-6-2/h5-30H2,1-4H3/p+2. The van der Waals surface area contributed by atoms with Gasteiger partial charge in [0.2, 0.25) is 0 Å². The maximum absolute atomic E-state index is 11.4. The molecule has 2 N–H and O–H groups in total. The number of rotatable bonds is 29. The lowest BCUT2D eigenvalue weighted by atomic mass is 10.1. The molecule has 0 aromatic carbocycles. The van der Waals surface area contributed by atoms with Gasteiger partial charge in [-0.05, 0) is 25.7 Å². The molecule has 0 saturated carbocycles. The fourth-order valence-corrected chi connectivity index (χ4v) is 6.65. The highest BCUT2D eigenvalue weighted by Gasteiger charge is 2.29. The van der Waals surface area contributed by atoms with Gasteiger partial charge in [0, 0.05) is 12.8 Å². The highest BCUT2D eigenvalue weighted by atomic mass is 32.2. The zero-order chi connectivity index (χ0) is 30.4. The van der Waals surface area contributed by atoms with Crippen molar-refractivity contribution in [1.29, 1.82) is 0 Å². The molecule has 0 bridgehead atoms. The molecule has 2 atom stereocenters. The Morgan fingerprint density at radius 2 is 0.650 bits per heavy atom. The zero-order valence-electron chi connectivity index (χ0n) is 26.6. The van der Waals surface area contributed by atoms with Crippen LogP contribution >= 0.6 is 0 Å². The van der Waals surface area contributed by atoms with E-state index >= 15 is 0 Å². The summed E-state index contributed by atoms with van der Waals surface area (Å²) in [5, 5.41) is 0. The van der Waals surface area contributed by atoms with Crippen molar-refractivity contribution >= 4 is 20.2 Å². The van der Waals surface area contributed by atoms with E-state index < -0.39 is 20.2 Å². The summed E-state index contributed by atoms with van der Waals surface area (Å²) in [6.45, 7) is 9.55. The van der Waals surface area contributed by atoms with Gasteiger partial charge in [0.1, 0.15) is 13.1 Å². The Hall–Kier alpha value is -0.260. The summed E-state index contributed by atoms with van der Waals surface area (Å²) >= 11 is 0. The molecule has 0 fully saturated rings. The van der Waals surface area contributed by atoms with Gasteiger partial charge in [0.05, 0.1) is 51.8 Å². The number of likely N-dealkylation sites (N-methyl/N-ethyl adjacent to an activating group) is 2. The van der Waals surface area contributed by atoms with Crippen LogP contribution in [-0.4, -0.2) is 99.8 Å². The van der Waals surface area contributed by atoms with Gasteiger partial charge < -0.3 is 8.97 Å². The maximum atomic E-state index is 11.4. The Morgan fingerprint density at radius 3 is 0.925 bits per heavy atom. The van der Waals surface area contributed by atoms with E-state index in [0.717, 1.165) is 48.0 Å². The molecule has 0 aliphatic heterocycles. The number of nitrogens with zero attached hydrogens (tertiary/aromatic N) is 2. The molecule has 10 heteroatoms. The molecule has 0 rings (SSSR count). The lowest BCUT2D eigenvalue weighted by molar-refractivity contribution is -0.964. The van der Waals surface area contributed by atoms with E-state index in [1.165, 1.54) is 89.9 Å². The Bertz CT molecular complexity index is 754. The van der Waals surface area contributed by atoms with Gasteiger partial charge in [0.15, 0.2) is 0 Å². The summed E-state index contributed by atoms with van der Waals surface area (Å²) in [5.41, 5.74) is 0. The molecule has 2 unspecified atom stereocenters. The molecule has 0 radical (unpaired) electrons. The molecule has 0 heterocycles. The molecular formula is C30H66N2O6S2+2. The van der Waals surface area contributed by atoms with Crippen LogP contribution in [0, 0.1) is 0 Å². The van der Waals surface area contributed by atoms with Gasteiger partial charge in [-0.3, -0.25) is 9.11 Å². The van der Waals surface area contributed by atoms with Crippen molar-refractivity contribution in [1.82, 2.24) is 0 Å². The van der Waals surface area contributed by atoms with E-state index in [1.54, 1.807) is 0 Å². The van der Waals surface area contributed by atoms with Crippen LogP contribution in [-0.2, 0) is 20.2 Å². The van der Waals surface area contributed by atoms with Gasteiger partial charge >= 0.3 is 0 Å². The molecule has 242 valence electrons. The molecule has 0 aromatic rings. The SMILES string of the molecule is CCCCCCCCCC[N+](C)(CCCS(=O)(=O)O)CC[N+](C)(CCCCCCCCCC)CCCS(=O)(=O)O. The second-order valence-electron chi connectivity index (χ2n) is 12.8. The normalized spacial score (nSPS) is 15.7. The van der Waals surface area contributed by atoms with Crippen molar-refractivity contribution in [2.75, 3.05) is 64.9 Å². The number of quaternary nitrogens is 2. The first kappa shape index (κ1) is 39.7. The van der Waals surface area contributed by atoms with Crippen molar-refractivity contribution in [3.63, 3.8) is 0 Å². The lowest BCUT2D eigenvalue weighted by Gasteiger charge is -2.40. The van der Waals surface area contributed by atoms with Crippen LogP contribution in [0.15, 0.2) is 0 Å². The molecule has 0 spiro atoms. The van der Waals surface area contributed by atoms with Crippen molar-refractivity contribution in [2.24, 2.45) is 0 Å². The second kappa shape index (κ2) is 22.3. The molecule has 0 saturated heterocycles. The second-order valence-corrected chi connectivity index (χ2v) is 16.0. The first-order chi connectivity index (χ1) is 18.7. The van der Waals surface area contributed by atoms with Crippen LogP contribution in [0.5, 0.6) is 0 Å². The summed E-state index contributed by atoms with van der Waals surface area (Å²) in [7, 11) is -3.55. The van der Waals surface area contributed by atoms with Crippen LogP contribution in [0.4, 0.5) is 0 Å². The van der Waals surface area contributed by atoms with Crippen molar-refractivity contribution in [3.8, 4) is 0 Å². The third kappa shape index (κ3) is 25.5. The van der Waals surface area contributed by atoms with Gasteiger partial charge in [-0.1, -0.05) is 90.9 Å². The lowest BCUT2D eigenvalue weighted by Crippen LogP contribution is -2.56. The average Bonchev–Trinajstić information content (AvgIpc) is 2.85.